The van der Waals surface area contributed by atoms with Crippen LogP contribution in [0.5, 0.6) is 0 Å². The third kappa shape index (κ3) is 5.52. The Kier molecular flexibility index (Phi) is 7.53. The van der Waals surface area contributed by atoms with E-state index in [1.165, 1.54) is 6.20 Å². The van der Waals surface area contributed by atoms with Gasteiger partial charge < -0.3 is 16.1 Å². The normalized spacial score (nSPS) is 16.1. The van der Waals surface area contributed by atoms with Gasteiger partial charge in [0.1, 0.15) is 13.9 Å². The summed E-state index contributed by atoms with van der Waals surface area (Å²) in [5.74, 6) is 0. The number of nitrogens with zero attached hydrogens (tertiary/aromatic N) is 5. The molecule has 2 atom stereocenters. The van der Waals surface area contributed by atoms with Gasteiger partial charge in [0.15, 0.2) is 0 Å². The van der Waals surface area contributed by atoms with Gasteiger partial charge in [0, 0.05) is 29.5 Å². The van der Waals surface area contributed by atoms with Crippen molar-refractivity contribution in [1.29, 1.82) is 15.8 Å². The number of anilines is 2. The van der Waals surface area contributed by atoms with Crippen LogP contribution in [-0.2, 0) is 5.44 Å². The molecule has 9 nitrogen and oxygen atoms in total. The van der Waals surface area contributed by atoms with Crippen molar-refractivity contribution < 1.29 is 0 Å². The Hall–Kier alpha value is -5.21. The summed E-state index contributed by atoms with van der Waals surface area (Å²) < 4.78 is 0. The third-order valence-electron chi connectivity index (χ3n) is 7.60. The van der Waals surface area contributed by atoms with Crippen molar-refractivity contribution in [3.63, 3.8) is 0 Å². The predicted octanol–water partition coefficient (Wildman–Crippen LogP) is 5.46. The number of halogens is 1. The SMILES string of the molecule is [B]C(Nc1cc(Cl)c2ncc(C#N)c(N[C@@H](CC#N)c3ccccc3)c2c1)(C1=CN(C2CC2)NN1)c1cccc(C#N)c1. The Labute approximate surface area is 255 Å². The minimum Gasteiger partial charge on any atom is -0.378 e. The summed E-state index contributed by atoms with van der Waals surface area (Å²) in [6.45, 7) is 0. The zero-order valence-electron chi connectivity index (χ0n) is 23.0. The molecule has 0 bridgehead atoms. The van der Waals surface area contributed by atoms with E-state index in [0.29, 0.717) is 55.7 Å². The van der Waals surface area contributed by atoms with Crippen LogP contribution in [0.2, 0.25) is 5.02 Å². The van der Waals surface area contributed by atoms with E-state index in [4.69, 9.17) is 19.4 Å². The van der Waals surface area contributed by atoms with Gasteiger partial charge in [0.2, 0.25) is 0 Å². The Morgan fingerprint density at radius 3 is 2.60 bits per heavy atom. The molecule has 0 saturated heterocycles. The molecule has 4 aromatic rings. The van der Waals surface area contributed by atoms with Crippen molar-refractivity contribution in [3.8, 4) is 18.2 Å². The fourth-order valence-electron chi connectivity index (χ4n) is 5.21. The molecule has 0 amide bonds. The molecule has 2 aliphatic rings. The quantitative estimate of drug-likeness (QED) is 0.190. The van der Waals surface area contributed by atoms with Crippen molar-refractivity contribution in [3.05, 3.63) is 112 Å². The molecule has 1 fully saturated rings. The molecule has 43 heavy (non-hydrogen) atoms. The third-order valence-corrected chi connectivity index (χ3v) is 7.89. The molecular formula is C32H25BClN9. The number of rotatable bonds is 9. The Morgan fingerprint density at radius 1 is 1.07 bits per heavy atom. The summed E-state index contributed by atoms with van der Waals surface area (Å²) in [4.78, 5) is 4.48. The largest absolute Gasteiger partial charge is 0.378 e. The Balaban J connectivity index is 1.46. The summed E-state index contributed by atoms with van der Waals surface area (Å²) in [5.41, 5.74) is 9.61. The summed E-state index contributed by atoms with van der Waals surface area (Å²) in [6, 6.07) is 26.9. The Bertz CT molecular complexity index is 1850. The van der Waals surface area contributed by atoms with Crippen molar-refractivity contribution >= 4 is 41.7 Å². The molecule has 6 rings (SSSR count). The zero-order valence-corrected chi connectivity index (χ0v) is 23.7. The lowest BCUT2D eigenvalue weighted by Gasteiger charge is -2.34. The molecule has 11 heteroatoms. The predicted molar refractivity (Wildman–Crippen MR) is 166 cm³/mol. The van der Waals surface area contributed by atoms with Gasteiger partial charge in [-0.25, -0.2) is 0 Å². The topological polar surface area (TPSA) is 136 Å². The van der Waals surface area contributed by atoms with Crippen LogP contribution in [0.25, 0.3) is 10.9 Å². The fourth-order valence-corrected chi connectivity index (χ4v) is 5.48. The second-order valence-electron chi connectivity index (χ2n) is 10.5. The average Bonchev–Trinajstić information content (AvgIpc) is 3.76. The van der Waals surface area contributed by atoms with Crippen LogP contribution in [0.1, 0.15) is 47.6 Å². The molecule has 2 radical (unpaired) electrons. The number of benzene rings is 3. The van der Waals surface area contributed by atoms with Crippen LogP contribution in [0.4, 0.5) is 11.4 Å². The zero-order chi connectivity index (χ0) is 30.0. The van der Waals surface area contributed by atoms with E-state index in [-0.39, 0.29) is 12.5 Å². The van der Waals surface area contributed by atoms with Crippen molar-refractivity contribution in [2.24, 2.45) is 0 Å². The van der Waals surface area contributed by atoms with Crippen LogP contribution in [0.15, 0.2) is 84.8 Å². The lowest BCUT2D eigenvalue weighted by Crippen LogP contribution is -2.45. The van der Waals surface area contributed by atoms with E-state index in [0.717, 1.165) is 18.4 Å². The van der Waals surface area contributed by atoms with E-state index in [1.54, 1.807) is 24.3 Å². The molecule has 3 aromatic carbocycles. The number of nitriles is 3. The van der Waals surface area contributed by atoms with Crippen LogP contribution < -0.4 is 21.6 Å². The molecule has 4 N–H and O–H groups in total. The molecule has 2 heterocycles. The molecule has 1 unspecified atom stereocenters. The van der Waals surface area contributed by atoms with E-state index < -0.39 is 5.44 Å². The number of aromatic nitrogens is 1. The minimum absolute atomic E-state index is 0.176. The summed E-state index contributed by atoms with van der Waals surface area (Å²) in [5, 5.41) is 39.0. The number of hydrazine groups is 2. The molecule has 1 saturated carbocycles. The lowest BCUT2D eigenvalue weighted by atomic mass is 9.69. The highest BCUT2D eigenvalue weighted by Crippen LogP contribution is 2.39. The first-order valence-electron chi connectivity index (χ1n) is 13.7. The maximum absolute atomic E-state index is 10.0. The Morgan fingerprint density at radius 2 is 1.88 bits per heavy atom. The van der Waals surface area contributed by atoms with E-state index >= 15 is 0 Å². The molecule has 1 aliphatic carbocycles. The number of pyridine rings is 1. The van der Waals surface area contributed by atoms with Gasteiger partial charge in [-0.1, -0.05) is 54.1 Å². The van der Waals surface area contributed by atoms with E-state index in [9.17, 15) is 15.8 Å². The molecule has 1 aromatic heterocycles. The van der Waals surface area contributed by atoms with Crippen molar-refractivity contribution in [2.75, 3.05) is 10.6 Å². The monoisotopic (exact) mass is 581 g/mol. The number of nitrogens with one attached hydrogen (secondary N) is 4. The highest BCUT2D eigenvalue weighted by Gasteiger charge is 2.38. The number of hydrogen-bond donors (Lipinski definition) is 4. The van der Waals surface area contributed by atoms with Crippen LogP contribution in [0.3, 0.4) is 0 Å². The highest BCUT2D eigenvalue weighted by molar-refractivity contribution is 6.36. The van der Waals surface area contributed by atoms with E-state index in [1.807, 2.05) is 53.7 Å². The van der Waals surface area contributed by atoms with Gasteiger partial charge in [-0.15, -0.1) is 5.53 Å². The van der Waals surface area contributed by atoms with Gasteiger partial charge >= 0.3 is 0 Å². The van der Waals surface area contributed by atoms with Crippen LogP contribution in [0, 0.1) is 34.0 Å². The second kappa shape index (κ2) is 11.6. The fraction of sp³-hybridized carbons (Fsp3) is 0.188. The van der Waals surface area contributed by atoms with Gasteiger partial charge in [0.05, 0.1) is 63.1 Å². The second-order valence-corrected chi connectivity index (χ2v) is 10.9. The van der Waals surface area contributed by atoms with Crippen LogP contribution >= 0.6 is 11.6 Å². The summed E-state index contributed by atoms with van der Waals surface area (Å²) in [6.07, 6.45) is 5.74. The van der Waals surface area contributed by atoms with E-state index in [2.05, 4.69) is 44.8 Å². The summed E-state index contributed by atoms with van der Waals surface area (Å²) in [7, 11) is 7.17. The summed E-state index contributed by atoms with van der Waals surface area (Å²) >= 11 is 6.80. The number of hydrogen-bond acceptors (Lipinski definition) is 9. The first-order chi connectivity index (χ1) is 20.9. The number of fused-ring (bicyclic) bond motifs is 1. The first-order valence-corrected chi connectivity index (χ1v) is 14.1. The highest BCUT2D eigenvalue weighted by atomic mass is 35.5. The standard InChI is InChI=1S/C32H25BClN9/c33-32(23-8-4-5-20(13-23)16-36,29-19-43(42-41-29)25-9-10-25)40-24-14-26-30(22(17-37)18-38-31(26)27(34)15-24)39-28(11-12-35)21-6-2-1-3-7-21/h1-8,13-15,18-19,25,28,40-42H,9-11H2,(H,38,39)/t28-,32?/m0/s1. The molecule has 1 aliphatic heterocycles. The smallest absolute Gasteiger partial charge is 0.119 e. The molecule has 0 spiro atoms. The van der Waals surface area contributed by atoms with Gasteiger partial charge in [0.25, 0.3) is 0 Å². The van der Waals surface area contributed by atoms with Gasteiger partial charge in [-0.2, -0.15) is 15.8 Å². The van der Waals surface area contributed by atoms with Gasteiger partial charge in [-0.05, 0) is 48.2 Å². The lowest BCUT2D eigenvalue weighted by molar-refractivity contribution is 0.260. The molecular weight excluding hydrogens is 557 g/mol. The average molecular weight is 582 g/mol. The maximum atomic E-state index is 10.0. The first kappa shape index (κ1) is 27.9. The molecule has 208 valence electrons. The van der Waals surface area contributed by atoms with Crippen molar-refractivity contribution in [2.45, 2.75) is 36.8 Å². The minimum atomic E-state index is -1.30. The van der Waals surface area contributed by atoms with Crippen LogP contribution in [-0.4, -0.2) is 23.9 Å². The van der Waals surface area contributed by atoms with Crippen molar-refractivity contribution in [1.82, 2.24) is 21.0 Å². The van der Waals surface area contributed by atoms with Gasteiger partial charge in [-0.3, -0.25) is 9.99 Å². The maximum Gasteiger partial charge on any atom is 0.119 e.